The molecule has 1 aliphatic rings. The Kier molecular flexibility index (Phi) is 6.81. The lowest BCUT2D eigenvalue weighted by Gasteiger charge is -2.29. The Morgan fingerprint density at radius 1 is 1.50 bits per heavy atom. The Morgan fingerprint density at radius 2 is 2.17 bits per heavy atom. The number of rotatable bonds is 5. The van der Waals surface area contributed by atoms with Crippen LogP contribution in [0, 0.1) is 12.8 Å². The van der Waals surface area contributed by atoms with Gasteiger partial charge in [0.25, 0.3) is 5.91 Å². The minimum atomic E-state index is -0.317. The monoisotopic (exact) mass is 391 g/mol. The van der Waals surface area contributed by atoms with Crippen LogP contribution in [0.15, 0.2) is 12.4 Å². The lowest BCUT2D eigenvalue weighted by molar-refractivity contribution is 0.0901. The lowest BCUT2D eigenvalue weighted by Crippen LogP contribution is -2.53. The van der Waals surface area contributed by atoms with Crippen LogP contribution in [-0.4, -0.2) is 32.8 Å². The van der Waals surface area contributed by atoms with Gasteiger partial charge in [-0.15, -0.1) is 36.2 Å². The maximum Gasteiger partial charge on any atom is 0.263 e. The number of nitrogens with two attached hydrogens (primary N) is 1. The number of halogens is 2. The molecule has 0 saturated heterocycles. The van der Waals surface area contributed by atoms with Crippen LogP contribution in [0.2, 0.25) is 0 Å². The smallest absolute Gasteiger partial charge is 0.263 e. The fourth-order valence-electron chi connectivity index (χ4n) is 2.62. The van der Waals surface area contributed by atoms with E-state index in [4.69, 9.17) is 5.73 Å². The number of amides is 1. The predicted molar refractivity (Wildman–Crippen MR) is 101 cm³/mol. The van der Waals surface area contributed by atoms with Gasteiger partial charge in [0.05, 0.1) is 17.4 Å². The number of aryl methyl sites for hydroxylation is 2. The summed E-state index contributed by atoms with van der Waals surface area (Å²) in [5, 5.41) is 8.08. The highest BCUT2D eigenvalue weighted by molar-refractivity contribution is 7.17. The van der Waals surface area contributed by atoms with Crippen molar-refractivity contribution in [3.8, 4) is 10.6 Å². The predicted octanol–water partition coefficient (Wildman–Crippen LogP) is 2.55. The van der Waals surface area contributed by atoms with E-state index < -0.39 is 0 Å². The van der Waals surface area contributed by atoms with E-state index in [1.807, 2.05) is 27.1 Å². The Balaban J connectivity index is 0.00000144. The molecule has 0 aromatic carbocycles. The van der Waals surface area contributed by atoms with Crippen molar-refractivity contribution in [2.45, 2.75) is 32.2 Å². The minimum Gasteiger partial charge on any atom is -0.345 e. The summed E-state index contributed by atoms with van der Waals surface area (Å²) < 4.78 is 1.73. The molecule has 1 amide bonds. The molecule has 3 rings (SSSR count). The average molecular weight is 392 g/mol. The number of aromatic nitrogens is 3. The van der Waals surface area contributed by atoms with Crippen molar-refractivity contribution in [2.24, 2.45) is 18.7 Å². The molecule has 1 unspecified atom stereocenters. The number of carbonyl (C=O) groups excluding carboxylic acids is 1. The Hall–Kier alpha value is -1.15. The number of thiazole rings is 1. The van der Waals surface area contributed by atoms with Crippen molar-refractivity contribution in [3.63, 3.8) is 0 Å². The van der Waals surface area contributed by atoms with Gasteiger partial charge in [-0.1, -0.05) is 0 Å². The van der Waals surface area contributed by atoms with Crippen LogP contribution in [0.25, 0.3) is 10.6 Å². The first-order chi connectivity index (χ1) is 10.4. The summed E-state index contributed by atoms with van der Waals surface area (Å²) >= 11 is 1.40. The van der Waals surface area contributed by atoms with Gasteiger partial charge in [0.15, 0.2) is 0 Å². The fourth-order valence-corrected chi connectivity index (χ4v) is 3.55. The molecular formula is C15H23Cl2N5OS. The van der Waals surface area contributed by atoms with Crippen LogP contribution < -0.4 is 11.1 Å². The van der Waals surface area contributed by atoms with Crippen LogP contribution in [0.5, 0.6) is 0 Å². The fraction of sp³-hybridized carbons (Fsp3) is 0.533. The van der Waals surface area contributed by atoms with Crippen molar-refractivity contribution in [3.05, 3.63) is 23.0 Å². The molecule has 9 heteroatoms. The molecule has 0 radical (unpaired) electrons. The molecule has 2 aromatic rings. The SMILES string of the molecule is Cc1nc(-c2cnn(C)c2)sc1C(=O)NC(C)(CN)C1CC1.Cl.Cl. The van der Waals surface area contributed by atoms with Crippen molar-refractivity contribution in [2.75, 3.05) is 6.54 Å². The van der Waals surface area contributed by atoms with Crippen LogP contribution in [0.1, 0.15) is 35.1 Å². The van der Waals surface area contributed by atoms with Crippen LogP contribution in [-0.2, 0) is 7.05 Å². The molecule has 0 spiro atoms. The van der Waals surface area contributed by atoms with Crippen LogP contribution in [0.3, 0.4) is 0 Å². The molecule has 24 heavy (non-hydrogen) atoms. The van der Waals surface area contributed by atoms with Gasteiger partial charge in [-0.25, -0.2) is 4.98 Å². The van der Waals surface area contributed by atoms with E-state index in [0.717, 1.165) is 29.1 Å². The molecule has 3 N–H and O–H groups in total. The van der Waals surface area contributed by atoms with E-state index in [0.29, 0.717) is 17.3 Å². The second kappa shape index (κ2) is 7.82. The normalized spacial score (nSPS) is 15.8. The van der Waals surface area contributed by atoms with Gasteiger partial charge < -0.3 is 11.1 Å². The molecule has 2 aromatic heterocycles. The molecule has 134 valence electrons. The van der Waals surface area contributed by atoms with E-state index in [9.17, 15) is 4.79 Å². The van der Waals surface area contributed by atoms with Crippen molar-refractivity contribution >= 4 is 42.1 Å². The molecule has 6 nitrogen and oxygen atoms in total. The van der Waals surface area contributed by atoms with E-state index >= 15 is 0 Å². The summed E-state index contributed by atoms with van der Waals surface area (Å²) in [7, 11) is 1.86. The summed E-state index contributed by atoms with van der Waals surface area (Å²) in [6.07, 6.45) is 5.93. The number of nitrogens with one attached hydrogen (secondary N) is 1. The highest BCUT2D eigenvalue weighted by Gasteiger charge is 2.42. The van der Waals surface area contributed by atoms with Gasteiger partial charge in [-0.05, 0) is 32.6 Å². The Labute approximate surface area is 158 Å². The largest absolute Gasteiger partial charge is 0.345 e. The third-order valence-electron chi connectivity index (χ3n) is 4.26. The molecule has 1 fully saturated rings. The maximum atomic E-state index is 12.6. The van der Waals surface area contributed by atoms with Crippen molar-refractivity contribution < 1.29 is 4.79 Å². The molecule has 1 aliphatic carbocycles. The zero-order valence-electron chi connectivity index (χ0n) is 13.9. The number of nitrogens with zero attached hydrogens (tertiary/aromatic N) is 3. The highest BCUT2D eigenvalue weighted by Crippen LogP contribution is 2.39. The molecule has 0 bridgehead atoms. The first kappa shape index (κ1) is 20.9. The first-order valence-corrected chi connectivity index (χ1v) is 8.23. The Morgan fingerprint density at radius 3 is 2.67 bits per heavy atom. The topological polar surface area (TPSA) is 85.8 Å². The second-order valence-electron chi connectivity index (χ2n) is 6.19. The quantitative estimate of drug-likeness (QED) is 0.819. The first-order valence-electron chi connectivity index (χ1n) is 7.42. The summed E-state index contributed by atoms with van der Waals surface area (Å²) in [5.74, 6) is 0.414. The molecular weight excluding hydrogens is 369 g/mol. The number of carbonyl (C=O) groups is 1. The van der Waals surface area contributed by atoms with E-state index in [1.165, 1.54) is 11.3 Å². The molecule has 1 saturated carbocycles. The van der Waals surface area contributed by atoms with Crippen LogP contribution in [0.4, 0.5) is 0 Å². The summed E-state index contributed by atoms with van der Waals surface area (Å²) in [6.45, 7) is 4.35. The summed E-state index contributed by atoms with van der Waals surface area (Å²) in [4.78, 5) is 17.8. The third-order valence-corrected chi connectivity index (χ3v) is 5.46. The number of hydrogen-bond donors (Lipinski definition) is 2. The molecule has 1 atom stereocenters. The third kappa shape index (κ3) is 4.08. The van der Waals surface area contributed by atoms with E-state index in [1.54, 1.807) is 10.9 Å². The molecule has 2 heterocycles. The molecule has 0 aliphatic heterocycles. The maximum absolute atomic E-state index is 12.6. The zero-order valence-corrected chi connectivity index (χ0v) is 16.4. The Bertz CT molecular complexity index is 713. The zero-order chi connectivity index (χ0) is 15.9. The highest BCUT2D eigenvalue weighted by atomic mass is 35.5. The van der Waals surface area contributed by atoms with Crippen molar-refractivity contribution in [1.82, 2.24) is 20.1 Å². The van der Waals surface area contributed by atoms with Gasteiger partial charge in [0.2, 0.25) is 0 Å². The van der Waals surface area contributed by atoms with E-state index in [2.05, 4.69) is 15.4 Å². The van der Waals surface area contributed by atoms with Crippen molar-refractivity contribution in [1.29, 1.82) is 0 Å². The van der Waals surface area contributed by atoms with Crippen LogP contribution >= 0.6 is 36.2 Å². The standard InChI is InChI=1S/C15H21N5OS.2ClH/c1-9-12(13(21)19-15(2,8-16)11-4-5-11)22-14(18-9)10-6-17-20(3)7-10;;/h6-7,11H,4-5,8,16H2,1-3H3,(H,19,21);2*1H. The number of hydrogen-bond acceptors (Lipinski definition) is 5. The second-order valence-corrected chi connectivity index (χ2v) is 7.19. The lowest BCUT2D eigenvalue weighted by atomic mass is 9.96. The van der Waals surface area contributed by atoms with Gasteiger partial charge in [0.1, 0.15) is 9.88 Å². The van der Waals surface area contributed by atoms with Gasteiger partial charge in [-0.2, -0.15) is 5.10 Å². The van der Waals surface area contributed by atoms with Gasteiger partial charge >= 0.3 is 0 Å². The van der Waals surface area contributed by atoms with E-state index in [-0.39, 0.29) is 36.3 Å². The summed E-state index contributed by atoms with van der Waals surface area (Å²) in [5.41, 5.74) is 7.23. The van der Waals surface area contributed by atoms with Gasteiger partial charge in [0, 0.05) is 25.4 Å². The average Bonchev–Trinajstić information content (AvgIpc) is 3.15. The summed E-state index contributed by atoms with van der Waals surface area (Å²) in [6, 6.07) is 0. The van der Waals surface area contributed by atoms with Gasteiger partial charge in [-0.3, -0.25) is 9.48 Å². The minimum absolute atomic E-state index is 0.